The Balaban J connectivity index is 1.94. The van der Waals surface area contributed by atoms with Crippen LogP contribution in [0.5, 0.6) is 0 Å². The predicted molar refractivity (Wildman–Crippen MR) is 137 cm³/mol. The molecule has 8 atom stereocenters. The highest BCUT2D eigenvalue weighted by molar-refractivity contribution is 5.13. The molecule has 0 radical (unpaired) electrons. The van der Waals surface area contributed by atoms with E-state index in [2.05, 4.69) is 60.6 Å². The summed E-state index contributed by atoms with van der Waals surface area (Å²) in [5.74, 6) is 4.24. The van der Waals surface area contributed by atoms with Crippen molar-refractivity contribution in [1.82, 2.24) is 0 Å². The predicted octanol–water partition coefficient (Wildman–Crippen LogP) is 8.77. The summed E-state index contributed by atoms with van der Waals surface area (Å²) in [4.78, 5) is 0. The van der Waals surface area contributed by atoms with E-state index in [1.54, 1.807) is 0 Å². The van der Waals surface area contributed by atoms with Crippen molar-refractivity contribution in [2.75, 3.05) is 0 Å². The van der Waals surface area contributed by atoms with Gasteiger partial charge in [0, 0.05) is 6.04 Å². The van der Waals surface area contributed by atoms with Crippen molar-refractivity contribution in [2.45, 2.75) is 132 Å². The fourth-order valence-corrected chi connectivity index (χ4v) is 8.73. The number of hydrogen-bond acceptors (Lipinski definition) is 1. The van der Waals surface area contributed by atoms with Crippen LogP contribution in [-0.4, -0.2) is 6.04 Å². The van der Waals surface area contributed by atoms with Gasteiger partial charge >= 0.3 is 0 Å². The quantitative estimate of drug-likeness (QED) is 0.444. The van der Waals surface area contributed by atoms with Crippen molar-refractivity contribution >= 4 is 0 Å². The van der Waals surface area contributed by atoms with Crippen molar-refractivity contribution in [3.63, 3.8) is 0 Å². The van der Waals surface area contributed by atoms with E-state index in [1.165, 1.54) is 77.0 Å². The van der Waals surface area contributed by atoms with E-state index >= 15 is 0 Å². The third-order valence-corrected chi connectivity index (χ3v) is 10.5. The molecular formula is C30H55N. The molecule has 0 aliphatic heterocycles. The Hall–Kier alpha value is -0.300. The first-order chi connectivity index (χ1) is 14.5. The Bertz CT molecular complexity index is 604. The van der Waals surface area contributed by atoms with Crippen LogP contribution in [0.25, 0.3) is 0 Å². The summed E-state index contributed by atoms with van der Waals surface area (Å²) in [6.45, 7) is 17.9. The molecule has 0 aromatic heterocycles. The summed E-state index contributed by atoms with van der Waals surface area (Å²) in [5.41, 5.74) is 7.43. The van der Waals surface area contributed by atoms with Crippen molar-refractivity contribution in [3.05, 3.63) is 12.2 Å². The maximum atomic E-state index is 6.10. The molecule has 0 aromatic carbocycles. The second-order valence-corrected chi connectivity index (χ2v) is 13.7. The molecule has 0 saturated heterocycles. The Morgan fingerprint density at radius 2 is 1.58 bits per heavy atom. The Morgan fingerprint density at radius 3 is 2.26 bits per heavy atom. The average Bonchev–Trinajstić information content (AvgIpc) is 2.99. The molecule has 3 rings (SSSR count). The Labute approximate surface area is 195 Å². The van der Waals surface area contributed by atoms with E-state index in [0.29, 0.717) is 28.2 Å². The van der Waals surface area contributed by atoms with Gasteiger partial charge in [0.2, 0.25) is 0 Å². The zero-order valence-corrected chi connectivity index (χ0v) is 22.2. The van der Waals surface area contributed by atoms with Gasteiger partial charge in [-0.25, -0.2) is 0 Å². The lowest BCUT2D eigenvalue weighted by Gasteiger charge is -2.56. The van der Waals surface area contributed by atoms with Crippen LogP contribution in [0.15, 0.2) is 12.2 Å². The van der Waals surface area contributed by atoms with E-state index in [1.807, 2.05) is 0 Å². The van der Waals surface area contributed by atoms with Crippen LogP contribution in [0.3, 0.4) is 0 Å². The van der Waals surface area contributed by atoms with Gasteiger partial charge < -0.3 is 5.73 Å². The molecule has 2 saturated carbocycles. The SMILES string of the molecule is CC(N)CCCC1CCC2C1(C)CCC=CC1C(C)(C)CCC(C)CC(C)CCC12C. The molecule has 0 bridgehead atoms. The maximum Gasteiger partial charge on any atom is 0.00104 e. The second-order valence-electron chi connectivity index (χ2n) is 13.7. The average molecular weight is 430 g/mol. The van der Waals surface area contributed by atoms with Crippen LogP contribution in [0.2, 0.25) is 0 Å². The van der Waals surface area contributed by atoms with Gasteiger partial charge in [0.15, 0.2) is 0 Å². The smallest absolute Gasteiger partial charge is 0.00104 e. The summed E-state index contributed by atoms with van der Waals surface area (Å²) in [6, 6.07) is 0.357. The van der Waals surface area contributed by atoms with Crippen molar-refractivity contribution in [2.24, 2.45) is 51.6 Å². The van der Waals surface area contributed by atoms with Crippen molar-refractivity contribution in [1.29, 1.82) is 0 Å². The first kappa shape index (κ1) is 25.3. The van der Waals surface area contributed by atoms with Gasteiger partial charge in [-0.3, -0.25) is 0 Å². The van der Waals surface area contributed by atoms with Gasteiger partial charge in [-0.05, 0) is 111 Å². The topological polar surface area (TPSA) is 26.0 Å². The summed E-state index contributed by atoms with van der Waals surface area (Å²) >= 11 is 0. The molecular weight excluding hydrogens is 374 g/mol. The molecule has 31 heavy (non-hydrogen) atoms. The molecule has 8 unspecified atom stereocenters. The van der Waals surface area contributed by atoms with E-state index in [9.17, 15) is 0 Å². The largest absolute Gasteiger partial charge is 0.328 e. The number of nitrogens with two attached hydrogens (primary N) is 1. The summed E-state index contributed by atoms with van der Waals surface area (Å²) in [7, 11) is 0. The van der Waals surface area contributed by atoms with Crippen LogP contribution < -0.4 is 5.73 Å². The summed E-state index contributed by atoms with van der Waals surface area (Å²) in [5, 5.41) is 0. The van der Waals surface area contributed by atoms with E-state index in [-0.39, 0.29) is 0 Å². The monoisotopic (exact) mass is 429 g/mol. The minimum Gasteiger partial charge on any atom is -0.328 e. The Kier molecular flexibility index (Phi) is 8.09. The van der Waals surface area contributed by atoms with Crippen LogP contribution in [0.1, 0.15) is 126 Å². The van der Waals surface area contributed by atoms with Crippen LogP contribution in [-0.2, 0) is 0 Å². The zero-order valence-electron chi connectivity index (χ0n) is 22.2. The fourth-order valence-electron chi connectivity index (χ4n) is 8.73. The molecule has 3 aliphatic rings. The number of fused-ring (bicyclic) bond motifs is 3. The molecule has 0 heterocycles. The summed E-state index contributed by atoms with van der Waals surface area (Å²) < 4.78 is 0. The van der Waals surface area contributed by atoms with Gasteiger partial charge in [0.05, 0.1) is 0 Å². The maximum absolute atomic E-state index is 6.10. The molecule has 3 aliphatic carbocycles. The van der Waals surface area contributed by atoms with Crippen molar-refractivity contribution < 1.29 is 0 Å². The first-order valence-corrected chi connectivity index (χ1v) is 13.9. The number of hydrogen-bond donors (Lipinski definition) is 1. The summed E-state index contributed by atoms with van der Waals surface area (Å²) in [6.07, 6.45) is 21.9. The minimum atomic E-state index is 0.357. The lowest BCUT2D eigenvalue weighted by atomic mass is 9.49. The van der Waals surface area contributed by atoms with E-state index in [4.69, 9.17) is 5.73 Å². The minimum absolute atomic E-state index is 0.357. The van der Waals surface area contributed by atoms with Crippen LogP contribution >= 0.6 is 0 Å². The van der Waals surface area contributed by atoms with Gasteiger partial charge in [-0.1, -0.05) is 73.0 Å². The standard InChI is InChI=1S/C30H55N/c1-22-16-19-28(4,5)26-13-8-9-18-29(6)25(12-10-11-24(3)31)14-15-27(29)30(26,7)20-17-23(2)21-22/h8,13,22-27H,9-12,14-21,31H2,1-7H3. The van der Waals surface area contributed by atoms with Crippen molar-refractivity contribution in [3.8, 4) is 0 Å². The zero-order chi connectivity index (χ0) is 22.9. The molecule has 0 spiro atoms. The molecule has 0 amide bonds. The van der Waals surface area contributed by atoms with Gasteiger partial charge in [-0.2, -0.15) is 0 Å². The highest BCUT2D eigenvalue weighted by Gasteiger charge is 2.57. The highest BCUT2D eigenvalue weighted by Crippen LogP contribution is 2.65. The van der Waals surface area contributed by atoms with E-state index in [0.717, 1.165) is 23.7 Å². The second kappa shape index (κ2) is 9.90. The molecule has 2 N–H and O–H groups in total. The highest BCUT2D eigenvalue weighted by atomic mass is 14.6. The third kappa shape index (κ3) is 5.44. The lowest BCUT2D eigenvalue weighted by Crippen LogP contribution is -2.48. The molecule has 2 fully saturated rings. The Morgan fingerprint density at radius 1 is 0.903 bits per heavy atom. The molecule has 0 aromatic rings. The van der Waals surface area contributed by atoms with Gasteiger partial charge in [0.1, 0.15) is 0 Å². The first-order valence-electron chi connectivity index (χ1n) is 13.9. The number of rotatable bonds is 4. The normalized spacial score (nSPS) is 44.6. The number of allylic oxidation sites excluding steroid dienone is 2. The van der Waals surface area contributed by atoms with Crippen LogP contribution in [0, 0.1) is 45.8 Å². The third-order valence-electron chi connectivity index (χ3n) is 10.5. The van der Waals surface area contributed by atoms with Gasteiger partial charge in [-0.15, -0.1) is 0 Å². The fraction of sp³-hybridized carbons (Fsp3) is 0.933. The van der Waals surface area contributed by atoms with Crippen LogP contribution in [0.4, 0.5) is 0 Å². The molecule has 180 valence electrons. The van der Waals surface area contributed by atoms with Gasteiger partial charge in [0.25, 0.3) is 0 Å². The molecule has 1 heteroatoms. The lowest BCUT2D eigenvalue weighted by molar-refractivity contribution is -0.0481. The molecule has 1 nitrogen and oxygen atoms in total. The van der Waals surface area contributed by atoms with E-state index < -0.39 is 0 Å².